The molecule has 1 fully saturated rings. The summed E-state index contributed by atoms with van der Waals surface area (Å²) in [6, 6.07) is 13.7. The molecule has 0 atom stereocenters. The van der Waals surface area contributed by atoms with Gasteiger partial charge in [0.1, 0.15) is 5.82 Å². The summed E-state index contributed by atoms with van der Waals surface area (Å²) >= 11 is 0. The van der Waals surface area contributed by atoms with E-state index in [0.29, 0.717) is 18.7 Å². The van der Waals surface area contributed by atoms with Crippen LogP contribution in [0.5, 0.6) is 0 Å². The molecule has 1 aliphatic heterocycles. The van der Waals surface area contributed by atoms with Crippen molar-refractivity contribution in [3.8, 4) is 0 Å². The average Bonchev–Trinajstić information content (AvgIpc) is 2.72. The zero-order valence-electron chi connectivity index (χ0n) is 16.1. The number of hydrogen-bond donors (Lipinski definition) is 2. The van der Waals surface area contributed by atoms with Crippen molar-refractivity contribution in [1.29, 1.82) is 0 Å². The Morgan fingerprint density at radius 2 is 1.30 bits per heavy atom. The van der Waals surface area contributed by atoms with Crippen molar-refractivity contribution in [2.24, 2.45) is 0 Å². The molecule has 160 valence electrons. The van der Waals surface area contributed by atoms with E-state index in [9.17, 15) is 14.5 Å². The number of nitro groups is 1. The molecule has 1 heterocycles. The van der Waals surface area contributed by atoms with Gasteiger partial charge in [0, 0.05) is 56.5 Å². The Balaban J connectivity index is 0.000000469. The zero-order valence-corrected chi connectivity index (χ0v) is 16.1. The molecule has 0 amide bonds. The van der Waals surface area contributed by atoms with E-state index >= 15 is 0 Å². The first kappa shape index (κ1) is 22.9. The second-order valence-corrected chi connectivity index (χ2v) is 6.64. The van der Waals surface area contributed by atoms with E-state index in [1.54, 1.807) is 18.2 Å². The first-order valence-corrected chi connectivity index (χ1v) is 9.14. The monoisotopic (exact) mass is 419 g/mol. The quantitative estimate of drug-likeness (QED) is 0.429. The Morgan fingerprint density at radius 3 is 1.77 bits per heavy atom. The molecular weight excluding hydrogens is 397 g/mol. The second kappa shape index (κ2) is 11.0. The van der Waals surface area contributed by atoms with Crippen LogP contribution in [0.4, 0.5) is 10.1 Å². The van der Waals surface area contributed by atoms with Crippen LogP contribution in [-0.4, -0.2) is 63.1 Å². The van der Waals surface area contributed by atoms with Crippen LogP contribution in [0.15, 0.2) is 48.5 Å². The fraction of sp³-hybridized carbons (Fsp3) is 0.300. The predicted octanol–water partition coefficient (Wildman–Crippen LogP) is 2.21. The van der Waals surface area contributed by atoms with E-state index < -0.39 is 11.9 Å². The molecule has 10 heteroatoms. The van der Waals surface area contributed by atoms with Gasteiger partial charge in [-0.25, -0.2) is 14.0 Å². The predicted molar refractivity (Wildman–Crippen MR) is 105 cm³/mol. The smallest absolute Gasteiger partial charge is 0.414 e. The fourth-order valence-corrected chi connectivity index (χ4v) is 3.04. The summed E-state index contributed by atoms with van der Waals surface area (Å²) in [7, 11) is 0. The van der Waals surface area contributed by atoms with Crippen LogP contribution >= 0.6 is 0 Å². The first-order valence-electron chi connectivity index (χ1n) is 9.14. The molecule has 9 nitrogen and oxygen atoms in total. The molecule has 0 radical (unpaired) electrons. The van der Waals surface area contributed by atoms with E-state index in [2.05, 4.69) is 9.80 Å². The number of nitro benzene ring substituents is 1. The van der Waals surface area contributed by atoms with E-state index in [1.165, 1.54) is 6.07 Å². The fourth-order valence-electron chi connectivity index (χ4n) is 3.04. The maximum Gasteiger partial charge on any atom is 0.414 e. The van der Waals surface area contributed by atoms with Crippen LogP contribution in [0.25, 0.3) is 0 Å². The van der Waals surface area contributed by atoms with Crippen LogP contribution < -0.4 is 0 Å². The van der Waals surface area contributed by atoms with E-state index in [-0.39, 0.29) is 16.4 Å². The molecule has 3 rings (SSSR count). The number of aliphatic carboxylic acids is 2. The lowest BCUT2D eigenvalue weighted by Gasteiger charge is -2.34. The number of carboxylic acid groups (broad SMARTS) is 2. The van der Waals surface area contributed by atoms with Gasteiger partial charge in [-0.1, -0.05) is 36.4 Å². The molecule has 0 aliphatic carbocycles. The Labute approximate surface area is 172 Å². The topological polar surface area (TPSA) is 124 Å². The number of para-hydroxylation sites is 1. The highest BCUT2D eigenvalue weighted by Crippen LogP contribution is 2.20. The number of carbonyl (C=O) groups is 2. The standard InChI is InChI=1S/C18H20FN3O2.C2H2O4/c19-17-7-3-1-5-15(17)13-20-9-11-21(12-10-20)14-16-6-2-4-8-18(16)22(23)24;3-1(4)2(5)6/h1-8H,9-14H2;(H,3,4)(H,5,6). The first-order chi connectivity index (χ1) is 14.3. The van der Waals surface area contributed by atoms with Crippen molar-refractivity contribution >= 4 is 17.6 Å². The Morgan fingerprint density at radius 1 is 0.867 bits per heavy atom. The molecule has 2 aromatic rings. The number of nitrogens with zero attached hydrogens (tertiary/aromatic N) is 3. The Hall–Kier alpha value is -3.37. The molecule has 0 bridgehead atoms. The number of carboxylic acids is 2. The van der Waals surface area contributed by atoms with Crippen LogP contribution in [0.3, 0.4) is 0 Å². The lowest BCUT2D eigenvalue weighted by molar-refractivity contribution is -0.385. The SMILES string of the molecule is O=C(O)C(=O)O.O=[N+]([O-])c1ccccc1CN1CCN(Cc2ccccc2F)CC1. The van der Waals surface area contributed by atoms with Crippen LogP contribution in [-0.2, 0) is 22.7 Å². The minimum absolute atomic E-state index is 0.167. The number of rotatable bonds is 5. The van der Waals surface area contributed by atoms with Crippen LogP contribution in [0, 0.1) is 15.9 Å². The third-order valence-corrected chi connectivity index (χ3v) is 4.58. The zero-order chi connectivity index (χ0) is 22.1. The van der Waals surface area contributed by atoms with E-state index in [4.69, 9.17) is 19.8 Å². The molecule has 0 saturated carbocycles. The molecule has 0 unspecified atom stereocenters. The molecule has 1 aliphatic rings. The molecule has 0 spiro atoms. The molecule has 30 heavy (non-hydrogen) atoms. The van der Waals surface area contributed by atoms with Crippen molar-refractivity contribution in [1.82, 2.24) is 9.80 Å². The average molecular weight is 419 g/mol. The van der Waals surface area contributed by atoms with Gasteiger partial charge in [-0.15, -0.1) is 0 Å². The van der Waals surface area contributed by atoms with Crippen molar-refractivity contribution in [2.45, 2.75) is 13.1 Å². The molecule has 1 saturated heterocycles. The molecular formula is C20H22FN3O6. The van der Waals surface area contributed by atoms with Crippen molar-refractivity contribution in [3.63, 3.8) is 0 Å². The third kappa shape index (κ3) is 6.90. The second-order valence-electron chi connectivity index (χ2n) is 6.64. The van der Waals surface area contributed by atoms with Gasteiger partial charge in [0.2, 0.25) is 0 Å². The van der Waals surface area contributed by atoms with Crippen LogP contribution in [0.1, 0.15) is 11.1 Å². The number of piperazine rings is 1. The minimum atomic E-state index is -1.82. The van der Waals surface area contributed by atoms with Gasteiger partial charge in [-0.3, -0.25) is 19.9 Å². The molecule has 2 aromatic carbocycles. The normalized spacial score (nSPS) is 14.4. The van der Waals surface area contributed by atoms with Gasteiger partial charge in [-0.05, 0) is 6.07 Å². The maximum atomic E-state index is 13.7. The van der Waals surface area contributed by atoms with Gasteiger partial charge in [0.15, 0.2) is 0 Å². The van der Waals surface area contributed by atoms with Gasteiger partial charge in [-0.2, -0.15) is 0 Å². The van der Waals surface area contributed by atoms with E-state index in [0.717, 1.165) is 31.7 Å². The summed E-state index contributed by atoms with van der Waals surface area (Å²) in [6.45, 7) is 4.47. The summed E-state index contributed by atoms with van der Waals surface area (Å²) in [6.07, 6.45) is 0. The summed E-state index contributed by atoms with van der Waals surface area (Å²) in [5.41, 5.74) is 1.63. The lowest BCUT2D eigenvalue weighted by Crippen LogP contribution is -2.45. The number of halogens is 1. The largest absolute Gasteiger partial charge is 0.473 e. The molecule has 0 aromatic heterocycles. The summed E-state index contributed by atoms with van der Waals surface area (Å²) in [5, 5.41) is 25.9. The summed E-state index contributed by atoms with van der Waals surface area (Å²) in [4.78, 5) is 33.4. The van der Waals surface area contributed by atoms with Crippen LogP contribution in [0.2, 0.25) is 0 Å². The maximum absolute atomic E-state index is 13.7. The van der Waals surface area contributed by atoms with Gasteiger partial charge in [0.05, 0.1) is 4.92 Å². The highest BCUT2D eigenvalue weighted by molar-refractivity contribution is 6.27. The van der Waals surface area contributed by atoms with Crippen molar-refractivity contribution < 1.29 is 29.1 Å². The summed E-state index contributed by atoms with van der Waals surface area (Å²) < 4.78 is 13.7. The van der Waals surface area contributed by atoms with Gasteiger partial charge < -0.3 is 10.2 Å². The Kier molecular flexibility index (Phi) is 8.39. The lowest BCUT2D eigenvalue weighted by atomic mass is 10.1. The van der Waals surface area contributed by atoms with Gasteiger partial charge in [0.25, 0.3) is 5.69 Å². The highest BCUT2D eigenvalue weighted by atomic mass is 19.1. The Bertz CT molecular complexity index is 888. The van der Waals surface area contributed by atoms with E-state index in [1.807, 2.05) is 24.3 Å². The van der Waals surface area contributed by atoms with Crippen molar-refractivity contribution in [2.75, 3.05) is 26.2 Å². The number of benzene rings is 2. The number of hydrogen-bond acceptors (Lipinski definition) is 6. The highest BCUT2D eigenvalue weighted by Gasteiger charge is 2.21. The van der Waals surface area contributed by atoms with Gasteiger partial charge >= 0.3 is 11.9 Å². The summed E-state index contributed by atoms with van der Waals surface area (Å²) in [5.74, 6) is -3.81. The minimum Gasteiger partial charge on any atom is -0.473 e. The van der Waals surface area contributed by atoms with Crippen molar-refractivity contribution in [3.05, 3.63) is 75.6 Å². The molecule has 2 N–H and O–H groups in total. The third-order valence-electron chi connectivity index (χ3n) is 4.58.